The molecule has 3 atom stereocenters. The SMILES string of the molecule is C[C@H](OCc1ccccc1)[C@@H](NC(=O)C(NC(=O)OCC1c2ccccc2-c2ccccc21)c1cnn(C)c1)C(=O)O. The van der Waals surface area contributed by atoms with Gasteiger partial charge in [-0.05, 0) is 34.7 Å². The number of fused-ring (bicyclic) bond motifs is 3. The number of rotatable bonds is 11. The van der Waals surface area contributed by atoms with Crippen molar-refractivity contribution in [3.63, 3.8) is 0 Å². The maximum Gasteiger partial charge on any atom is 0.408 e. The van der Waals surface area contributed by atoms with E-state index in [1.54, 1.807) is 20.2 Å². The Morgan fingerprint density at radius 3 is 2.14 bits per heavy atom. The molecule has 3 N–H and O–H groups in total. The van der Waals surface area contributed by atoms with Crippen molar-refractivity contribution in [3.05, 3.63) is 114 Å². The Bertz CT molecular complexity index is 1520. The van der Waals surface area contributed by atoms with E-state index in [1.807, 2.05) is 78.9 Å². The smallest absolute Gasteiger partial charge is 0.408 e. The number of aliphatic carboxylic acids is 1. The van der Waals surface area contributed by atoms with Gasteiger partial charge in [0.2, 0.25) is 5.91 Å². The molecule has 10 nitrogen and oxygen atoms in total. The van der Waals surface area contributed by atoms with Crippen molar-refractivity contribution < 1.29 is 29.0 Å². The van der Waals surface area contributed by atoms with Crippen LogP contribution >= 0.6 is 0 Å². The van der Waals surface area contributed by atoms with Gasteiger partial charge in [-0.25, -0.2) is 9.59 Å². The zero-order chi connectivity index (χ0) is 29.6. The van der Waals surface area contributed by atoms with Crippen LogP contribution in [0.1, 0.15) is 41.1 Å². The molecule has 0 radical (unpaired) electrons. The Hall–Kier alpha value is -4.96. The quantitative estimate of drug-likeness (QED) is 0.247. The minimum atomic E-state index is -1.37. The molecule has 0 aliphatic heterocycles. The largest absolute Gasteiger partial charge is 0.480 e. The van der Waals surface area contributed by atoms with Crippen molar-refractivity contribution >= 4 is 18.0 Å². The van der Waals surface area contributed by atoms with Gasteiger partial charge in [0, 0.05) is 24.7 Å². The van der Waals surface area contributed by atoms with E-state index in [2.05, 4.69) is 15.7 Å². The highest BCUT2D eigenvalue weighted by Crippen LogP contribution is 2.44. The Kier molecular flexibility index (Phi) is 8.63. The summed E-state index contributed by atoms with van der Waals surface area (Å²) < 4.78 is 12.9. The third-order valence-electron chi connectivity index (χ3n) is 7.32. The number of ether oxygens (including phenoxy) is 2. The molecule has 1 aliphatic carbocycles. The fourth-order valence-electron chi connectivity index (χ4n) is 5.16. The summed E-state index contributed by atoms with van der Waals surface area (Å²) in [7, 11) is 1.67. The van der Waals surface area contributed by atoms with Gasteiger partial charge in [0.25, 0.3) is 0 Å². The van der Waals surface area contributed by atoms with Crippen molar-refractivity contribution in [1.82, 2.24) is 20.4 Å². The van der Waals surface area contributed by atoms with Crippen molar-refractivity contribution in [3.8, 4) is 11.1 Å². The summed E-state index contributed by atoms with van der Waals surface area (Å²) >= 11 is 0. The Morgan fingerprint density at radius 1 is 0.929 bits per heavy atom. The van der Waals surface area contributed by atoms with Gasteiger partial charge in [0.05, 0.1) is 18.9 Å². The van der Waals surface area contributed by atoms with Gasteiger partial charge in [0.15, 0.2) is 6.04 Å². The van der Waals surface area contributed by atoms with E-state index in [-0.39, 0.29) is 19.1 Å². The highest BCUT2D eigenvalue weighted by Gasteiger charge is 2.34. The molecular weight excluding hydrogens is 536 g/mol. The van der Waals surface area contributed by atoms with Crippen molar-refractivity contribution in [2.24, 2.45) is 7.05 Å². The van der Waals surface area contributed by atoms with E-state index in [4.69, 9.17) is 9.47 Å². The van der Waals surface area contributed by atoms with E-state index < -0.39 is 36.2 Å². The van der Waals surface area contributed by atoms with Crippen LogP contribution in [0.2, 0.25) is 0 Å². The first kappa shape index (κ1) is 28.6. The van der Waals surface area contributed by atoms with Crippen LogP contribution in [0.25, 0.3) is 11.1 Å². The maximum absolute atomic E-state index is 13.4. The number of alkyl carbamates (subject to hydrolysis) is 1. The molecule has 1 unspecified atom stereocenters. The van der Waals surface area contributed by atoms with Gasteiger partial charge in [-0.1, -0.05) is 78.9 Å². The molecule has 216 valence electrons. The minimum absolute atomic E-state index is 0.0589. The lowest BCUT2D eigenvalue weighted by atomic mass is 9.98. The number of benzene rings is 3. The molecule has 1 heterocycles. The van der Waals surface area contributed by atoms with E-state index in [9.17, 15) is 19.5 Å². The lowest BCUT2D eigenvalue weighted by molar-refractivity contribution is -0.146. The number of nitrogens with one attached hydrogen (secondary N) is 2. The standard InChI is InChI=1S/C32H32N4O6/c1-20(41-18-21-10-4-3-5-11-21)28(31(38)39)34-30(37)29(22-16-33-36(2)17-22)35-32(40)42-19-27-25-14-8-6-12-23(25)24-13-7-9-15-26(24)27/h3-17,20,27-29H,18-19H2,1-2H3,(H,34,37)(H,35,40)(H,38,39)/t20-,28+,29?/m0/s1. The third kappa shape index (κ3) is 6.34. The molecule has 10 heteroatoms. The van der Waals surface area contributed by atoms with Crippen molar-refractivity contribution in [2.45, 2.75) is 37.6 Å². The normalized spacial score (nSPS) is 14.2. The Labute approximate surface area is 243 Å². The number of carbonyl (C=O) groups is 3. The lowest BCUT2D eigenvalue weighted by Crippen LogP contribution is -2.52. The van der Waals surface area contributed by atoms with Gasteiger partial charge >= 0.3 is 12.1 Å². The molecule has 0 saturated heterocycles. The number of hydrogen-bond donors (Lipinski definition) is 3. The maximum atomic E-state index is 13.4. The molecule has 1 aromatic heterocycles. The van der Waals surface area contributed by atoms with Gasteiger partial charge in [-0.2, -0.15) is 5.10 Å². The number of amides is 2. The highest BCUT2D eigenvalue weighted by molar-refractivity contribution is 5.90. The van der Waals surface area contributed by atoms with E-state index in [1.165, 1.54) is 10.9 Å². The molecule has 1 aliphatic rings. The fourth-order valence-corrected chi connectivity index (χ4v) is 5.16. The summed E-state index contributed by atoms with van der Waals surface area (Å²) in [4.78, 5) is 38.6. The molecule has 42 heavy (non-hydrogen) atoms. The summed E-state index contributed by atoms with van der Waals surface area (Å²) in [5.41, 5.74) is 5.54. The average Bonchev–Trinajstić information content (AvgIpc) is 3.57. The first-order chi connectivity index (χ1) is 20.3. The zero-order valence-electron chi connectivity index (χ0n) is 23.3. The van der Waals surface area contributed by atoms with Crippen LogP contribution in [0.3, 0.4) is 0 Å². The Morgan fingerprint density at radius 2 is 1.55 bits per heavy atom. The van der Waals surface area contributed by atoms with Crippen molar-refractivity contribution in [2.75, 3.05) is 6.61 Å². The molecule has 0 fully saturated rings. The summed E-state index contributed by atoms with van der Waals surface area (Å²) in [6, 6.07) is 22.6. The second-order valence-electron chi connectivity index (χ2n) is 10.2. The van der Waals surface area contributed by atoms with E-state index in [0.29, 0.717) is 5.56 Å². The van der Waals surface area contributed by atoms with Gasteiger partial charge in [-0.3, -0.25) is 9.48 Å². The second-order valence-corrected chi connectivity index (χ2v) is 10.2. The summed E-state index contributed by atoms with van der Waals surface area (Å²) in [6.45, 7) is 1.80. The fraction of sp³-hybridized carbons (Fsp3) is 0.250. The topological polar surface area (TPSA) is 132 Å². The molecule has 2 amide bonds. The molecule has 0 saturated carbocycles. The number of aryl methyl sites for hydroxylation is 1. The van der Waals surface area contributed by atoms with E-state index in [0.717, 1.165) is 27.8 Å². The van der Waals surface area contributed by atoms with Crippen LogP contribution in [-0.4, -0.2) is 51.6 Å². The van der Waals surface area contributed by atoms with Crippen LogP contribution < -0.4 is 10.6 Å². The minimum Gasteiger partial charge on any atom is -0.480 e. The van der Waals surface area contributed by atoms with Gasteiger partial charge in [-0.15, -0.1) is 0 Å². The average molecular weight is 569 g/mol. The van der Waals surface area contributed by atoms with Crippen LogP contribution in [0, 0.1) is 0 Å². The second kappa shape index (κ2) is 12.7. The van der Waals surface area contributed by atoms with Crippen molar-refractivity contribution in [1.29, 1.82) is 0 Å². The monoisotopic (exact) mass is 568 g/mol. The first-order valence-corrected chi connectivity index (χ1v) is 13.6. The van der Waals surface area contributed by atoms with E-state index >= 15 is 0 Å². The molecular formula is C32H32N4O6. The van der Waals surface area contributed by atoms with Gasteiger partial charge < -0.3 is 25.2 Å². The number of hydrogen-bond acceptors (Lipinski definition) is 6. The molecule has 3 aromatic carbocycles. The summed E-state index contributed by atoms with van der Waals surface area (Å²) in [5, 5.41) is 19.1. The number of aromatic nitrogens is 2. The van der Waals surface area contributed by atoms with Crippen LogP contribution in [0.15, 0.2) is 91.3 Å². The third-order valence-corrected chi connectivity index (χ3v) is 7.32. The number of carboxylic acid groups (broad SMARTS) is 1. The molecule has 4 aromatic rings. The molecule has 5 rings (SSSR count). The van der Waals surface area contributed by atoms with Crippen LogP contribution in [-0.2, 0) is 32.7 Å². The first-order valence-electron chi connectivity index (χ1n) is 13.6. The summed E-state index contributed by atoms with van der Waals surface area (Å²) in [6.07, 6.45) is 1.31. The van der Waals surface area contributed by atoms with Gasteiger partial charge in [0.1, 0.15) is 12.6 Å². The Balaban J connectivity index is 1.27. The molecule has 0 spiro atoms. The lowest BCUT2D eigenvalue weighted by Gasteiger charge is -2.25. The number of nitrogens with zero attached hydrogens (tertiary/aromatic N) is 2. The predicted octanol–water partition coefficient (Wildman–Crippen LogP) is 4.17. The predicted molar refractivity (Wildman–Crippen MR) is 154 cm³/mol. The highest BCUT2D eigenvalue weighted by atomic mass is 16.5. The van der Waals surface area contributed by atoms with Crippen LogP contribution in [0.5, 0.6) is 0 Å². The number of carboxylic acids is 1. The van der Waals surface area contributed by atoms with Crippen LogP contribution in [0.4, 0.5) is 4.79 Å². The number of carbonyl (C=O) groups excluding carboxylic acids is 2. The molecule has 0 bridgehead atoms. The zero-order valence-corrected chi connectivity index (χ0v) is 23.3. The summed E-state index contributed by atoms with van der Waals surface area (Å²) in [5.74, 6) is -2.16.